The molecule has 0 spiro atoms. The number of methoxy groups -OCH3 is 1. The van der Waals surface area contributed by atoms with Crippen molar-refractivity contribution >= 4 is 17.5 Å². The highest BCUT2D eigenvalue weighted by atomic mass is 16.6. The molecule has 0 bridgehead atoms. The molecule has 2 aromatic rings. The predicted molar refractivity (Wildman–Crippen MR) is 91.9 cm³/mol. The molecule has 8 nitrogen and oxygen atoms in total. The fourth-order valence-corrected chi connectivity index (χ4v) is 2.06. The first-order valence-electron chi connectivity index (χ1n) is 7.71. The van der Waals surface area contributed by atoms with Crippen LogP contribution in [0.2, 0.25) is 0 Å². The summed E-state index contributed by atoms with van der Waals surface area (Å²) in [5.41, 5.74) is 0.325. The molecule has 1 atom stereocenters. The summed E-state index contributed by atoms with van der Waals surface area (Å²) in [6.45, 7) is 2.08. The van der Waals surface area contributed by atoms with Gasteiger partial charge in [0.05, 0.1) is 23.6 Å². The van der Waals surface area contributed by atoms with Gasteiger partial charge in [0.25, 0.3) is 5.69 Å². The maximum atomic E-state index is 12.1. The number of pyridine rings is 1. The third-order valence-corrected chi connectivity index (χ3v) is 3.52. The number of ether oxygens (including phenoxy) is 2. The summed E-state index contributed by atoms with van der Waals surface area (Å²) in [5.74, 6) is 0.611. The number of carbonyl (C=O) groups excluding carboxylic acids is 1. The van der Waals surface area contributed by atoms with Gasteiger partial charge in [0.1, 0.15) is 24.4 Å². The van der Waals surface area contributed by atoms with E-state index in [9.17, 15) is 14.9 Å². The lowest BCUT2D eigenvalue weighted by molar-refractivity contribution is -0.385. The van der Waals surface area contributed by atoms with Gasteiger partial charge in [0.2, 0.25) is 0 Å². The monoisotopic (exact) mass is 345 g/mol. The maximum absolute atomic E-state index is 12.1. The molecule has 0 aliphatic carbocycles. The molecule has 8 heteroatoms. The largest absolute Gasteiger partial charge is 0.497 e. The summed E-state index contributed by atoms with van der Waals surface area (Å²) in [5, 5.41) is 13.7. The molecule has 1 aromatic carbocycles. The lowest BCUT2D eigenvalue weighted by Gasteiger charge is -2.17. The number of hydrogen-bond donors (Lipinski definition) is 1. The molecular formula is C17H19N3O5. The van der Waals surface area contributed by atoms with Crippen LogP contribution in [0.1, 0.15) is 23.7 Å². The molecule has 1 aromatic heterocycles. The van der Waals surface area contributed by atoms with Crippen LogP contribution in [0.3, 0.4) is 0 Å². The first-order valence-corrected chi connectivity index (χ1v) is 7.71. The minimum atomic E-state index is -0.510. The molecule has 1 N–H and O–H groups in total. The second-order valence-corrected chi connectivity index (χ2v) is 5.24. The lowest BCUT2D eigenvalue weighted by atomic mass is 10.2. The topological polar surface area (TPSA) is 104 Å². The standard InChI is InChI=1S/C17H19N3O5/c1-3-13(19-16-8-7-14(10-18-16)20(22)23)11-25-17(21)12-5-4-6-15(9-12)24-2/h4-10,13H,3,11H2,1-2H3,(H,18,19). The first kappa shape index (κ1) is 18.2. The Morgan fingerprint density at radius 3 is 2.76 bits per heavy atom. The molecule has 1 unspecified atom stereocenters. The number of nitro groups is 1. The van der Waals surface area contributed by atoms with E-state index >= 15 is 0 Å². The zero-order valence-corrected chi connectivity index (χ0v) is 14.0. The number of nitrogens with zero attached hydrogens (tertiary/aromatic N) is 2. The van der Waals surface area contributed by atoms with E-state index in [1.807, 2.05) is 6.92 Å². The summed E-state index contributed by atoms with van der Waals surface area (Å²) in [4.78, 5) is 26.2. The van der Waals surface area contributed by atoms with Gasteiger partial charge < -0.3 is 14.8 Å². The van der Waals surface area contributed by atoms with Crippen molar-refractivity contribution in [2.24, 2.45) is 0 Å². The fourth-order valence-electron chi connectivity index (χ4n) is 2.06. The Morgan fingerprint density at radius 2 is 2.16 bits per heavy atom. The molecular weight excluding hydrogens is 326 g/mol. The molecule has 132 valence electrons. The van der Waals surface area contributed by atoms with Crippen molar-refractivity contribution in [2.45, 2.75) is 19.4 Å². The van der Waals surface area contributed by atoms with Crippen LogP contribution in [0, 0.1) is 10.1 Å². The van der Waals surface area contributed by atoms with E-state index in [-0.39, 0.29) is 18.3 Å². The van der Waals surface area contributed by atoms with Gasteiger partial charge in [-0.3, -0.25) is 10.1 Å². The lowest BCUT2D eigenvalue weighted by Crippen LogP contribution is -2.26. The van der Waals surface area contributed by atoms with Crippen LogP contribution in [0.25, 0.3) is 0 Å². The quantitative estimate of drug-likeness (QED) is 0.445. The Kier molecular flexibility index (Phi) is 6.27. The molecule has 0 aliphatic rings. The maximum Gasteiger partial charge on any atom is 0.338 e. The van der Waals surface area contributed by atoms with Crippen LogP contribution >= 0.6 is 0 Å². The van der Waals surface area contributed by atoms with Crippen molar-refractivity contribution in [1.82, 2.24) is 4.98 Å². The van der Waals surface area contributed by atoms with E-state index in [0.29, 0.717) is 23.6 Å². The van der Waals surface area contributed by atoms with Gasteiger partial charge in [-0.25, -0.2) is 9.78 Å². The summed E-state index contributed by atoms with van der Waals surface area (Å²) in [6.07, 6.45) is 1.86. The molecule has 0 aliphatic heterocycles. The van der Waals surface area contributed by atoms with Crippen molar-refractivity contribution in [3.05, 3.63) is 58.3 Å². The Hall–Kier alpha value is -3.16. The Bertz CT molecular complexity index is 733. The number of hydrogen-bond acceptors (Lipinski definition) is 7. The van der Waals surface area contributed by atoms with E-state index in [2.05, 4.69) is 10.3 Å². The number of aromatic nitrogens is 1. The van der Waals surface area contributed by atoms with E-state index < -0.39 is 10.9 Å². The number of rotatable bonds is 8. The minimum absolute atomic E-state index is 0.0805. The van der Waals surface area contributed by atoms with E-state index in [1.54, 1.807) is 24.3 Å². The van der Waals surface area contributed by atoms with Crippen LogP contribution in [0.4, 0.5) is 11.5 Å². The highest BCUT2D eigenvalue weighted by molar-refractivity contribution is 5.89. The van der Waals surface area contributed by atoms with Crippen LogP contribution < -0.4 is 10.1 Å². The zero-order valence-electron chi connectivity index (χ0n) is 14.0. The summed E-state index contributed by atoms with van der Waals surface area (Å²) >= 11 is 0. The fraction of sp³-hybridized carbons (Fsp3) is 0.294. The molecule has 2 rings (SSSR count). The second kappa shape index (κ2) is 8.62. The normalized spacial score (nSPS) is 11.4. The van der Waals surface area contributed by atoms with Gasteiger partial charge >= 0.3 is 5.97 Å². The third kappa shape index (κ3) is 5.17. The summed E-state index contributed by atoms with van der Waals surface area (Å²) in [7, 11) is 1.53. The SMILES string of the molecule is CCC(COC(=O)c1cccc(OC)c1)Nc1ccc([N+](=O)[O-])cn1. The number of benzene rings is 1. The number of nitrogens with one attached hydrogen (secondary N) is 1. The minimum Gasteiger partial charge on any atom is -0.497 e. The zero-order chi connectivity index (χ0) is 18.2. The van der Waals surface area contributed by atoms with Gasteiger partial charge in [0, 0.05) is 6.07 Å². The van der Waals surface area contributed by atoms with Crippen molar-refractivity contribution in [3.8, 4) is 5.75 Å². The third-order valence-electron chi connectivity index (χ3n) is 3.52. The van der Waals surface area contributed by atoms with Crippen LogP contribution in [-0.2, 0) is 4.74 Å². The Labute approximate surface area is 144 Å². The Balaban J connectivity index is 1.92. The second-order valence-electron chi connectivity index (χ2n) is 5.24. The predicted octanol–water partition coefficient (Wildman–Crippen LogP) is 3.05. The molecule has 0 radical (unpaired) electrons. The molecule has 0 amide bonds. The number of esters is 1. The molecule has 0 saturated carbocycles. The molecule has 1 heterocycles. The molecule has 25 heavy (non-hydrogen) atoms. The van der Waals surface area contributed by atoms with Crippen molar-refractivity contribution in [3.63, 3.8) is 0 Å². The molecule has 0 fully saturated rings. The van der Waals surface area contributed by atoms with Crippen molar-refractivity contribution < 1.29 is 19.2 Å². The van der Waals surface area contributed by atoms with Gasteiger partial charge in [-0.15, -0.1) is 0 Å². The summed E-state index contributed by atoms with van der Waals surface area (Å²) < 4.78 is 10.4. The van der Waals surface area contributed by atoms with E-state index in [1.165, 1.54) is 25.4 Å². The number of carbonyl (C=O) groups is 1. The van der Waals surface area contributed by atoms with Gasteiger partial charge in [-0.1, -0.05) is 13.0 Å². The van der Waals surface area contributed by atoms with Crippen LogP contribution in [0.5, 0.6) is 5.75 Å². The van der Waals surface area contributed by atoms with Crippen LogP contribution in [0.15, 0.2) is 42.6 Å². The van der Waals surface area contributed by atoms with E-state index in [4.69, 9.17) is 9.47 Å². The molecule has 0 saturated heterocycles. The van der Waals surface area contributed by atoms with Gasteiger partial charge in [-0.05, 0) is 30.7 Å². The average Bonchev–Trinajstić information content (AvgIpc) is 2.65. The van der Waals surface area contributed by atoms with Crippen LogP contribution in [-0.4, -0.2) is 35.6 Å². The van der Waals surface area contributed by atoms with E-state index in [0.717, 1.165) is 0 Å². The Morgan fingerprint density at radius 1 is 1.36 bits per heavy atom. The van der Waals surface area contributed by atoms with Gasteiger partial charge in [0.15, 0.2) is 0 Å². The van der Waals surface area contributed by atoms with Gasteiger partial charge in [-0.2, -0.15) is 0 Å². The highest BCUT2D eigenvalue weighted by Crippen LogP contribution is 2.15. The first-order chi connectivity index (χ1) is 12.0. The number of anilines is 1. The highest BCUT2D eigenvalue weighted by Gasteiger charge is 2.14. The van der Waals surface area contributed by atoms with Crippen molar-refractivity contribution in [1.29, 1.82) is 0 Å². The summed E-state index contributed by atoms with van der Waals surface area (Å²) in [6, 6.07) is 9.43. The average molecular weight is 345 g/mol. The van der Waals surface area contributed by atoms with Crippen molar-refractivity contribution in [2.75, 3.05) is 19.0 Å². The smallest absolute Gasteiger partial charge is 0.338 e.